The highest BCUT2D eigenvalue weighted by Gasteiger charge is 2.11. The standard InChI is InChI=1S/C12H15N3O2/c1-7-4-10(15-13)12-9(14-7)5-8(16-2)6-11(12)17-3/h4-6H,13H2,1-3H3,(H,14,15). The molecule has 0 aliphatic rings. The number of nitrogens with two attached hydrogens (primary N) is 1. The van der Waals surface area contributed by atoms with Crippen LogP contribution in [-0.2, 0) is 0 Å². The van der Waals surface area contributed by atoms with E-state index >= 15 is 0 Å². The van der Waals surface area contributed by atoms with Gasteiger partial charge in [-0.1, -0.05) is 0 Å². The summed E-state index contributed by atoms with van der Waals surface area (Å²) < 4.78 is 10.5. The second kappa shape index (κ2) is 4.47. The fourth-order valence-electron chi connectivity index (χ4n) is 1.83. The highest BCUT2D eigenvalue weighted by molar-refractivity contribution is 5.97. The third-order valence-corrected chi connectivity index (χ3v) is 2.59. The van der Waals surface area contributed by atoms with Crippen molar-refractivity contribution in [2.45, 2.75) is 6.92 Å². The number of nitrogen functional groups attached to an aromatic ring is 1. The van der Waals surface area contributed by atoms with E-state index in [-0.39, 0.29) is 0 Å². The van der Waals surface area contributed by atoms with Crippen LogP contribution in [-0.4, -0.2) is 19.2 Å². The van der Waals surface area contributed by atoms with Gasteiger partial charge in [-0.05, 0) is 13.0 Å². The summed E-state index contributed by atoms with van der Waals surface area (Å²) in [6, 6.07) is 5.53. The minimum absolute atomic E-state index is 0.680. The Hall–Kier alpha value is -2.01. The van der Waals surface area contributed by atoms with Gasteiger partial charge in [0.05, 0.1) is 30.8 Å². The first kappa shape index (κ1) is 11.5. The number of nitrogens with zero attached hydrogens (tertiary/aromatic N) is 1. The van der Waals surface area contributed by atoms with Crippen molar-refractivity contribution in [2.75, 3.05) is 19.6 Å². The van der Waals surface area contributed by atoms with Gasteiger partial charge in [-0.2, -0.15) is 0 Å². The van der Waals surface area contributed by atoms with Crippen LogP contribution in [0, 0.1) is 6.92 Å². The number of hydrazine groups is 1. The molecule has 0 atom stereocenters. The van der Waals surface area contributed by atoms with Gasteiger partial charge in [0, 0.05) is 17.8 Å². The Bertz CT molecular complexity index is 555. The minimum Gasteiger partial charge on any atom is -0.497 e. The first-order chi connectivity index (χ1) is 8.19. The average Bonchev–Trinajstić information content (AvgIpc) is 2.35. The first-order valence-corrected chi connectivity index (χ1v) is 5.19. The van der Waals surface area contributed by atoms with Crippen LogP contribution in [0.25, 0.3) is 10.9 Å². The molecule has 17 heavy (non-hydrogen) atoms. The molecule has 0 spiro atoms. The summed E-state index contributed by atoms with van der Waals surface area (Å²) >= 11 is 0. The predicted octanol–water partition coefficient (Wildman–Crippen LogP) is 1.85. The largest absolute Gasteiger partial charge is 0.497 e. The Morgan fingerprint density at radius 3 is 2.53 bits per heavy atom. The maximum absolute atomic E-state index is 5.51. The lowest BCUT2D eigenvalue weighted by Gasteiger charge is -2.12. The summed E-state index contributed by atoms with van der Waals surface area (Å²) in [6.45, 7) is 1.91. The van der Waals surface area contributed by atoms with Crippen molar-refractivity contribution >= 4 is 16.6 Å². The molecule has 90 valence electrons. The number of hydrogen-bond donors (Lipinski definition) is 2. The molecular weight excluding hydrogens is 218 g/mol. The van der Waals surface area contributed by atoms with E-state index in [9.17, 15) is 0 Å². The Labute approximate surface area is 99.5 Å². The van der Waals surface area contributed by atoms with Crippen molar-refractivity contribution in [1.82, 2.24) is 4.98 Å². The van der Waals surface area contributed by atoms with Crippen LogP contribution in [0.3, 0.4) is 0 Å². The number of methoxy groups -OCH3 is 2. The van der Waals surface area contributed by atoms with E-state index in [1.54, 1.807) is 20.3 Å². The van der Waals surface area contributed by atoms with E-state index in [1.807, 2.05) is 19.1 Å². The molecule has 0 radical (unpaired) electrons. The fraction of sp³-hybridized carbons (Fsp3) is 0.250. The monoisotopic (exact) mass is 233 g/mol. The van der Waals surface area contributed by atoms with E-state index in [1.165, 1.54) is 0 Å². The molecule has 1 aromatic heterocycles. The number of rotatable bonds is 3. The van der Waals surface area contributed by atoms with E-state index in [0.29, 0.717) is 11.5 Å². The zero-order chi connectivity index (χ0) is 12.4. The molecule has 0 aliphatic heterocycles. The number of ether oxygens (including phenoxy) is 2. The molecule has 0 bridgehead atoms. The lowest BCUT2D eigenvalue weighted by atomic mass is 10.1. The quantitative estimate of drug-likeness (QED) is 0.625. The number of fused-ring (bicyclic) bond motifs is 1. The fourth-order valence-corrected chi connectivity index (χ4v) is 1.83. The molecule has 1 aromatic carbocycles. The average molecular weight is 233 g/mol. The van der Waals surface area contributed by atoms with Gasteiger partial charge in [0.25, 0.3) is 0 Å². The molecule has 3 N–H and O–H groups in total. The van der Waals surface area contributed by atoms with E-state index in [0.717, 1.165) is 22.3 Å². The SMILES string of the molecule is COc1cc(OC)c2c(NN)cc(C)nc2c1. The third kappa shape index (κ3) is 1.97. The van der Waals surface area contributed by atoms with Crippen molar-refractivity contribution in [3.05, 3.63) is 23.9 Å². The van der Waals surface area contributed by atoms with Crippen LogP contribution in [0.4, 0.5) is 5.69 Å². The number of hydrogen-bond acceptors (Lipinski definition) is 5. The summed E-state index contributed by atoms with van der Waals surface area (Å²) in [5.41, 5.74) is 5.11. The molecule has 5 heteroatoms. The molecule has 1 heterocycles. The van der Waals surface area contributed by atoms with Crippen LogP contribution in [0.2, 0.25) is 0 Å². The zero-order valence-electron chi connectivity index (χ0n) is 10.1. The maximum Gasteiger partial charge on any atom is 0.134 e. The molecule has 5 nitrogen and oxygen atoms in total. The minimum atomic E-state index is 0.680. The van der Waals surface area contributed by atoms with Crippen LogP contribution in [0.1, 0.15) is 5.69 Å². The Morgan fingerprint density at radius 2 is 1.94 bits per heavy atom. The maximum atomic E-state index is 5.51. The summed E-state index contributed by atoms with van der Waals surface area (Å²) in [6.07, 6.45) is 0. The molecular formula is C12H15N3O2. The highest BCUT2D eigenvalue weighted by Crippen LogP contribution is 2.35. The van der Waals surface area contributed by atoms with Crippen LogP contribution in [0.15, 0.2) is 18.2 Å². The van der Waals surface area contributed by atoms with Gasteiger partial charge in [-0.25, -0.2) is 0 Å². The number of aromatic nitrogens is 1. The molecule has 0 saturated heterocycles. The zero-order valence-corrected chi connectivity index (χ0v) is 10.1. The van der Waals surface area contributed by atoms with Crippen molar-refractivity contribution in [2.24, 2.45) is 5.84 Å². The number of aryl methyl sites for hydroxylation is 1. The van der Waals surface area contributed by atoms with Gasteiger partial charge in [-0.3, -0.25) is 10.8 Å². The smallest absolute Gasteiger partial charge is 0.134 e. The number of benzene rings is 1. The second-order valence-electron chi connectivity index (χ2n) is 3.68. The second-order valence-corrected chi connectivity index (χ2v) is 3.68. The Kier molecular flexibility index (Phi) is 3.01. The van der Waals surface area contributed by atoms with E-state index in [4.69, 9.17) is 15.3 Å². The normalized spacial score (nSPS) is 10.4. The lowest BCUT2D eigenvalue weighted by Crippen LogP contribution is -2.08. The molecule has 0 aliphatic carbocycles. The van der Waals surface area contributed by atoms with Crippen LogP contribution < -0.4 is 20.7 Å². The van der Waals surface area contributed by atoms with Crippen molar-refractivity contribution < 1.29 is 9.47 Å². The summed E-state index contributed by atoms with van der Waals surface area (Å²) in [5.74, 6) is 6.90. The number of nitrogens with one attached hydrogen (secondary N) is 1. The molecule has 0 amide bonds. The first-order valence-electron chi connectivity index (χ1n) is 5.19. The number of pyridine rings is 1. The van der Waals surface area contributed by atoms with Gasteiger partial charge in [-0.15, -0.1) is 0 Å². The summed E-state index contributed by atoms with van der Waals surface area (Å²) in [5, 5.41) is 0.849. The molecule has 2 rings (SSSR count). The van der Waals surface area contributed by atoms with Gasteiger partial charge in [0.15, 0.2) is 0 Å². The van der Waals surface area contributed by atoms with Crippen molar-refractivity contribution in [3.63, 3.8) is 0 Å². The van der Waals surface area contributed by atoms with E-state index in [2.05, 4.69) is 10.4 Å². The summed E-state index contributed by atoms with van der Waals surface area (Å²) in [7, 11) is 3.22. The summed E-state index contributed by atoms with van der Waals surface area (Å²) in [4.78, 5) is 4.45. The number of anilines is 1. The van der Waals surface area contributed by atoms with Crippen molar-refractivity contribution in [3.8, 4) is 11.5 Å². The van der Waals surface area contributed by atoms with Crippen LogP contribution >= 0.6 is 0 Å². The molecule has 0 unspecified atom stereocenters. The van der Waals surface area contributed by atoms with Gasteiger partial charge < -0.3 is 14.9 Å². The third-order valence-electron chi connectivity index (χ3n) is 2.59. The van der Waals surface area contributed by atoms with Gasteiger partial charge in [0.1, 0.15) is 11.5 Å². The molecule has 2 aromatic rings. The predicted molar refractivity (Wildman–Crippen MR) is 67.4 cm³/mol. The van der Waals surface area contributed by atoms with Gasteiger partial charge >= 0.3 is 0 Å². The topological polar surface area (TPSA) is 69.4 Å². The van der Waals surface area contributed by atoms with Gasteiger partial charge in [0.2, 0.25) is 0 Å². The molecule has 0 fully saturated rings. The van der Waals surface area contributed by atoms with E-state index < -0.39 is 0 Å². The van der Waals surface area contributed by atoms with Crippen molar-refractivity contribution in [1.29, 1.82) is 0 Å². The lowest BCUT2D eigenvalue weighted by molar-refractivity contribution is 0.398. The molecule has 0 saturated carbocycles. The Balaban J connectivity index is 2.83. The Morgan fingerprint density at radius 1 is 1.18 bits per heavy atom. The highest BCUT2D eigenvalue weighted by atomic mass is 16.5. The van der Waals surface area contributed by atoms with Crippen LogP contribution in [0.5, 0.6) is 11.5 Å².